The van der Waals surface area contributed by atoms with E-state index in [9.17, 15) is 9.59 Å². The summed E-state index contributed by atoms with van der Waals surface area (Å²) in [7, 11) is 0. The fourth-order valence-electron chi connectivity index (χ4n) is 2.41. The van der Waals surface area contributed by atoms with Crippen LogP contribution in [0.4, 0.5) is 0 Å². The van der Waals surface area contributed by atoms with Crippen molar-refractivity contribution in [3.8, 4) is 0 Å². The van der Waals surface area contributed by atoms with Crippen molar-refractivity contribution < 1.29 is 9.59 Å². The van der Waals surface area contributed by atoms with Gasteiger partial charge in [0.05, 0.1) is 0 Å². The summed E-state index contributed by atoms with van der Waals surface area (Å²) >= 11 is 3.23. The van der Waals surface area contributed by atoms with Crippen LogP contribution in [-0.2, 0) is 9.59 Å². The van der Waals surface area contributed by atoms with E-state index in [1.54, 1.807) is 34.8 Å². The maximum atomic E-state index is 11.7. The zero-order chi connectivity index (χ0) is 19.2. The molecule has 0 fully saturated rings. The van der Waals surface area contributed by atoms with Gasteiger partial charge < -0.3 is 10.6 Å². The molecular formula is C21H26N2O2S2. The Balaban J connectivity index is 1.40. The van der Waals surface area contributed by atoms with Crippen molar-refractivity contribution in [2.45, 2.75) is 32.1 Å². The first-order valence-electron chi connectivity index (χ1n) is 9.23. The van der Waals surface area contributed by atoms with Gasteiger partial charge in [-0.25, -0.2) is 0 Å². The molecule has 27 heavy (non-hydrogen) atoms. The van der Waals surface area contributed by atoms with E-state index < -0.39 is 0 Å². The molecule has 2 N–H and O–H groups in total. The van der Waals surface area contributed by atoms with Crippen molar-refractivity contribution in [3.63, 3.8) is 0 Å². The number of amides is 2. The third kappa shape index (κ3) is 9.92. The van der Waals surface area contributed by atoms with Gasteiger partial charge in [0.1, 0.15) is 0 Å². The van der Waals surface area contributed by atoms with Gasteiger partial charge in [-0.2, -0.15) is 0 Å². The first-order valence-corrected chi connectivity index (χ1v) is 11.0. The Morgan fingerprint density at radius 2 is 1.19 bits per heavy atom. The lowest BCUT2D eigenvalue weighted by Crippen LogP contribution is -2.22. The Morgan fingerprint density at radius 1 is 0.741 bits per heavy atom. The first kappa shape index (κ1) is 21.1. The van der Waals surface area contributed by atoms with Crippen LogP contribution in [0.1, 0.15) is 41.9 Å². The van der Waals surface area contributed by atoms with E-state index >= 15 is 0 Å². The zero-order valence-corrected chi connectivity index (χ0v) is 17.0. The summed E-state index contributed by atoms with van der Waals surface area (Å²) in [4.78, 5) is 25.5. The van der Waals surface area contributed by atoms with Gasteiger partial charge in [-0.05, 0) is 47.9 Å². The second-order valence-corrected chi connectivity index (χ2v) is 8.01. The summed E-state index contributed by atoms with van der Waals surface area (Å²) in [6, 6.07) is 7.90. The maximum absolute atomic E-state index is 11.7. The van der Waals surface area contributed by atoms with Crippen molar-refractivity contribution in [1.82, 2.24) is 10.6 Å². The highest BCUT2D eigenvalue weighted by atomic mass is 32.1. The minimum atomic E-state index is -0.0401. The Labute approximate surface area is 169 Å². The molecule has 2 amide bonds. The molecule has 0 radical (unpaired) electrons. The second kappa shape index (κ2) is 13.1. The normalized spacial score (nSPS) is 11.3. The van der Waals surface area contributed by atoms with E-state index in [1.807, 2.05) is 47.2 Å². The lowest BCUT2D eigenvalue weighted by Gasteiger charge is -2.04. The number of hydrogen-bond acceptors (Lipinski definition) is 4. The van der Waals surface area contributed by atoms with E-state index in [4.69, 9.17) is 0 Å². The van der Waals surface area contributed by atoms with Crippen LogP contribution < -0.4 is 10.6 Å². The second-order valence-electron chi connectivity index (χ2n) is 6.05. The summed E-state index contributed by atoms with van der Waals surface area (Å²) < 4.78 is 0. The molecule has 0 bridgehead atoms. The van der Waals surface area contributed by atoms with Crippen LogP contribution in [0.25, 0.3) is 12.2 Å². The van der Waals surface area contributed by atoms with Crippen LogP contribution in [-0.4, -0.2) is 24.9 Å². The molecule has 0 aliphatic heterocycles. The molecule has 0 saturated carbocycles. The van der Waals surface area contributed by atoms with Crippen molar-refractivity contribution in [2.75, 3.05) is 13.1 Å². The third-order valence-corrected chi connectivity index (χ3v) is 5.51. The average molecular weight is 403 g/mol. The highest BCUT2D eigenvalue weighted by Crippen LogP contribution is 2.10. The van der Waals surface area contributed by atoms with E-state index in [0.29, 0.717) is 13.1 Å². The zero-order valence-electron chi connectivity index (χ0n) is 15.4. The van der Waals surface area contributed by atoms with Crippen LogP contribution in [0.5, 0.6) is 0 Å². The number of thiophene rings is 2. The number of rotatable bonds is 12. The monoisotopic (exact) mass is 402 g/mol. The fourth-order valence-corrected chi connectivity index (χ4v) is 3.65. The van der Waals surface area contributed by atoms with Gasteiger partial charge in [-0.3, -0.25) is 9.59 Å². The molecule has 6 heteroatoms. The number of carbonyl (C=O) groups excluding carboxylic acids is 2. The van der Waals surface area contributed by atoms with E-state index in [-0.39, 0.29) is 11.8 Å². The standard InChI is InChI=1S/C21H26N2O2S2/c24-20(12-10-18-8-6-16-26-18)22-14-4-2-1-3-5-15-23-21(25)13-11-19-9-7-17-27-19/h6-13,16-17H,1-5,14-15H2,(H,22,24)(H,23,25)/b12-10+,13-11+. The first-order chi connectivity index (χ1) is 13.2. The number of hydrogen-bond donors (Lipinski definition) is 2. The lowest BCUT2D eigenvalue weighted by atomic mass is 10.1. The quantitative estimate of drug-likeness (QED) is 0.399. The third-order valence-electron chi connectivity index (χ3n) is 3.84. The predicted molar refractivity (Wildman–Crippen MR) is 116 cm³/mol. The number of unbranched alkanes of at least 4 members (excludes halogenated alkanes) is 4. The minimum Gasteiger partial charge on any atom is -0.353 e. The number of nitrogens with one attached hydrogen (secondary N) is 2. The molecule has 0 atom stereocenters. The molecule has 0 aromatic carbocycles. The molecule has 0 saturated heterocycles. The minimum absolute atomic E-state index is 0.0401. The Bertz CT molecular complexity index is 657. The van der Waals surface area contributed by atoms with Crippen LogP contribution in [0.15, 0.2) is 47.2 Å². The molecular weight excluding hydrogens is 376 g/mol. The summed E-state index contributed by atoms with van der Waals surface area (Å²) in [6.45, 7) is 1.41. The van der Waals surface area contributed by atoms with Crippen molar-refractivity contribution in [1.29, 1.82) is 0 Å². The molecule has 2 aromatic heterocycles. The molecule has 2 aromatic rings. The van der Waals surface area contributed by atoms with Crippen LogP contribution in [0, 0.1) is 0 Å². The largest absolute Gasteiger partial charge is 0.353 e. The Hall–Kier alpha value is -2.18. The topological polar surface area (TPSA) is 58.2 Å². The highest BCUT2D eigenvalue weighted by molar-refractivity contribution is 7.11. The van der Waals surface area contributed by atoms with E-state index in [1.165, 1.54) is 0 Å². The van der Waals surface area contributed by atoms with Gasteiger partial charge in [0.25, 0.3) is 0 Å². The van der Waals surface area contributed by atoms with Gasteiger partial charge >= 0.3 is 0 Å². The van der Waals surface area contributed by atoms with Gasteiger partial charge in [0.15, 0.2) is 0 Å². The fraction of sp³-hybridized carbons (Fsp3) is 0.333. The molecule has 0 aliphatic carbocycles. The molecule has 0 spiro atoms. The summed E-state index contributed by atoms with van der Waals surface area (Å²) in [6.07, 6.45) is 12.1. The summed E-state index contributed by atoms with van der Waals surface area (Å²) in [5, 5.41) is 9.79. The highest BCUT2D eigenvalue weighted by Gasteiger charge is 1.97. The van der Waals surface area contributed by atoms with Crippen LogP contribution in [0.3, 0.4) is 0 Å². The molecule has 144 valence electrons. The van der Waals surface area contributed by atoms with Gasteiger partial charge in [0.2, 0.25) is 11.8 Å². The summed E-state index contributed by atoms with van der Waals surface area (Å²) in [5.74, 6) is -0.0802. The van der Waals surface area contributed by atoms with Gasteiger partial charge in [-0.15, -0.1) is 22.7 Å². The van der Waals surface area contributed by atoms with Crippen LogP contribution in [0.2, 0.25) is 0 Å². The van der Waals surface area contributed by atoms with E-state index in [2.05, 4.69) is 10.6 Å². The predicted octanol–water partition coefficient (Wildman–Crippen LogP) is 4.72. The molecule has 2 heterocycles. The lowest BCUT2D eigenvalue weighted by molar-refractivity contribution is -0.117. The van der Waals surface area contributed by atoms with Crippen molar-refractivity contribution in [2.24, 2.45) is 0 Å². The smallest absolute Gasteiger partial charge is 0.244 e. The van der Waals surface area contributed by atoms with Gasteiger partial charge in [0, 0.05) is 35.0 Å². The molecule has 0 aliphatic rings. The Kier molecular flexibility index (Phi) is 10.2. The molecule has 0 unspecified atom stereocenters. The van der Waals surface area contributed by atoms with Crippen molar-refractivity contribution in [3.05, 3.63) is 56.9 Å². The maximum Gasteiger partial charge on any atom is 0.244 e. The van der Waals surface area contributed by atoms with Gasteiger partial charge in [-0.1, -0.05) is 31.4 Å². The van der Waals surface area contributed by atoms with Crippen molar-refractivity contribution >= 4 is 46.6 Å². The van der Waals surface area contributed by atoms with Crippen LogP contribution >= 0.6 is 22.7 Å². The molecule has 4 nitrogen and oxygen atoms in total. The molecule has 2 rings (SSSR count). The SMILES string of the molecule is O=C(/C=C/c1cccs1)NCCCCCCCNC(=O)/C=C/c1cccs1. The summed E-state index contributed by atoms with van der Waals surface area (Å²) in [5.41, 5.74) is 0. The number of carbonyl (C=O) groups is 2. The average Bonchev–Trinajstić information content (AvgIpc) is 3.37. The van der Waals surface area contributed by atoms with E-state index in [0.717, 1.165) is 41.9 Å². The Morgan fingerprint density at radius 3 is 1.59 bits per heavy atom.